The van der Waals surface area contributed by atoms with Crippen molar-refractivity contribution >= 4 is 38.6 Å². The maximum absolute atomic E-state index is 9.61. The summed E-state index contributed by atoms with van der Waals surface area (Å²) in [4.78, 5) is 1.86. The molecule has 11 rings (SSSR count). The summed E-state index contributed by atoms with van der Waals surface area (Å²) >= 11 is 0. The van der Waals surface area contributed by atoms with Crippen LogP contribution in [0.2, 0.25) is 0 Å². The predicted molar refractivity (Wildman–Crippen MR) is 269 cm³/mol. The quantitative estimate of drug-likeness (QED) is 0.140. The highest BCUT2D eigenvalue weighted by molar-refractivity contribution is 6.04. The summed E-state index contributed by atoms with van der Waals surface area (Å²) in [6.07, 6.45) is 0. The van der Waals surface area contributed by atoms with Crippen LogP contribution < -0.4 is 4.90 Å². The van der Waals surface area contributed by atoms with E-state index >= 15 is 0 Å². The predicted octanol–water partition coefficient (Wildman–Crippen LogP) is 17.5. The minimum atomic E-state index is -0.125. The van der Waals surface area contributed by atoms with Crippen LogP contribution in [0.25, 0.3) is 88.3 Å². The van der Waals surface area contributed by atoms with E-state index in [0.717, 1.165) is 61.0 Å². The molecule has 0 aliphatic rings. The zero-order valence-corrected chi connectivity index (χ0v) is 34.5. The van der Waals surface area contributed by atoms with Crippen LogP contribution in [0.4, 0.5) is 17.1 Å². The molecular weight excluding hydrogens is 759 g/mol. The van der Waals surface area contributed by atoms with Gasteiger partial charge in [-0.15, -0.1) is 0 Å². The van der Waals surface area contributed by atoms with E-state index < -0.39 is 0 Å². The number of rotatable bonds is 9. The zero-order valence-electron chi connectivity index (χ0n) is 38.5. The van der Waals surface area contributed by atoms with Gasteiger partial charge in [-0.3, -0.25) is 0 Å². The Kier molecular flexibility index (Phi) is 8.84. The average molecular weight is 806 g/mol. The summed E-state index contributed by atoms with van der Waals surface area (Å²) in [6, 6.07) is 80.4. The van der Waals surface area contributed by atoms with Crippen LogP contribution in [0, 0.1) is 0 Å². The molecule has 0 atom stereocenters. The molecule has 11 aromatic carbocycles. The smallest absolute Gasteiger partial charge is 0.0645 e. The van der Waals surface area contributed by atoms with Gasteiger partial charge in [0.1, 0.15) is 0 Å². The van der Waals surface area contributed by atoms with Crippen LogP contribution in [0.15, 0.2) is 261 Å². The van der Waals surface area contributed by atoms with Crippen LogP contribution >= 0.6 is 0 Å². The van der Waals surface area contributed by atoms with Crippen LogP contribution in [0.3, 0.4) is 0 Å². The summed E-state index contributed by atoms with van der Waals surface area (Å²) < 4.78 is 38.1. The molecule has 0 saturated heterocycles. The fourth-order valence-electron chi connectivity index (χ4n) is 8.70. The first-order valence-electron chi connectivity index (χ1n) is 23.3. The number of hydrogen-bond acceptors (Lipinski definition) is 1. The number of anilines is 3. The van der Waals surface area contributed by atoms with Gasteiger partial charge in [-0.2, -0.15) is 0 Å². The first kappa shape index (κ1) is 33.5. The van der Waals surface area contributed by atoms with Crippen molar-refractivity contribution in [2.75, 3.05) is 4.90 Å². The molecule has 0 unspecified atom stereocenters. The van der Waals surface area contributed by atoms with Crippen molar-refractivity contribution in [1.29, 1.82) is 0 Å². The van der Waals surface area contributed by atoms with Gasteiger partial charge in [0, 0.05) is 17.1 Å². The normalized spacial score (nSPS) is 12.1. The Balaban J connectivity index is 1.02. The first-order chi connectivity index (χ1) is 32.9. The van der Waals surface area contributed by atoms with E-state index in [1.807, 2.05) is 89.8 Å². The van der Waals surface area contributed by atoms with Crippen molar-refractivity contribution in [2.24, 2.45) is 0 Å². The standard InChI is InChI=1S/C62H43N/c1-3-12-44(13-4-1)46-22-24-47(25-23-46)48-28-35-57(36-29-48)63(58-37-30-49(31-38-58)54-19-11-20-55(42-54)56-27-26-45-14-7-8-18-53(45)43-56)59-39-32-51(33-40-59)61-41-34-50-15-9-10-21-60(50)62(61)52-16-5-2-6-17-52/h1-43H/i28D,29D,35D,36D. The summed E-state index contributed by atoms with van der Waals surface area (Å²) in [7, 11) is 0. The Morgan fingerprint density at radius 3 is 1.38 bits per heavy atom. The maximum Gasteiger partial charge on any atom is 0.0645 e. The van der Waals surface area contributed by atoms with Crippen molar-refractivity contribution < 1.29 is 5.48 Å². The van der Waals surface area contributed by atoms with Gasteiger partial charge in [-0.25, -0.2) is 0 Å². The maximum atomic E-state index is 9.61. The van der Waals surface area contributed by atoms with Gasteiger partial charge in [-0.1, -0.05) is 212 Å². The van der Waals surface area contributed by atoms with E-state index in [2.05, 4.69) is 152 Å². The molecule has 11 aromatic rings. The molecular formula is C62H43N. The van der Waals surface area contributed by atoms with Gasteiger partial charge >= 0.3 is 0 Å². The summed E-state index contributed by atoms with van der Waals surface area (Å²) in [6.45, 7) is 0. The van der Waals surface area contributed by atoms with E-state index in [1.165, 1.54) is 16.2 Å². The monoisotopic (exact) mass is 805 g/mol. The third-order valence-electron chi connectivity index (χ3n) is 11.9. The molecule has 63 heavy (non-hydrogen) atoms. The van der Waals surface area contributed by atoms with Gasteiger partial charge in [0.25, 0.3) is 0 Å². The second-order valence-electron chi connectivity index (χ2n) is 15.8. The van der Waals surface area contributed by atoms with Crippen molar-refractivity contribution in [3.8, 4) is 66.8 Å². The second kappa shape index (κ2) is 16.7. The van der Waals surface area contributed by atoms with E-state index in [4.69, 9.17) is 0 Å². The molecule has 296 valence electrons. The molecule has 0 aliphatic heterocycles. The zero-order chi connectivity index (χ0) is 45.4. The fourth-order valence-corrected chi connectivity index (χ4v) is 8.70. The molecule has 0 bridgehead atoms. The molecule has 0 radical (unpaired) electrons. The van der Waals surface area contributed by atoms with E-state index in [0.29, 0.717) is 16.9 Å². The first-order valence-corrected chi connectivity index (χ1v) is 21.3. The number of fused-ring (bicyclic) bond motifs is 2. The highest BCUT2D eigenvalue weighted by Crippen LogP contribution is 2.42. The Morgan fingerprint density at radius 1 is 0.254 bits per heavy atom. The molecule has 0 spiro atoms. The van der Waals surface area contributed by atoms with Gasteiger partial charge in [-0.05, 0) is 137 Å². The number of hydrogen-bond donors (Lipinski definition) is 0. The van der Waals surface area contributed by atoms with E-state index in [9.17, 15) is 5.48 Å². The molecule has 0 aliphatic carbocycles. The van der Waals surface area contributed by atoms with Crippen molar-refractivity contribution in [3.05, 3.63) is 261 Å². The van der Waals surface area contributed by atoms with E-state index in [-0.39, 0.29) is 35.4 Å². The van der Waals surface area contributed by atoms with Crippen LogP contribution in [0.5, 0.6) is 0 Å². The highest BCUT2D eigenvalue weighted by Gasteiger charge is 2.16. The molecule has 0 amide bonds. The number of benzene rings is 11. The Hall–Kier alpha value is -8.26. The van der Waals surface area contributed by atoms with Crippen LogP contribution in [0.1, 0.15) is 5.48 Å². The molecule has 1 heteroatoms. The third kappa shape index (κ3) is 7.58. The van der Waals surface area contributed by atoms with Crippen LogP contribution in [-0.2, 0) is 0 Å². The molecule has 1 nitrogen and oxygen atoms in total. The van der Waals surface area contributed by atoms with Gasteiger partial charge in [0.05, 0.1) is 5.48 Å². The van der Waals surface area contributed by atoms with Crippen molar-refractivity contribution in [3.63, 3.8) is 0 Å². The van der Waals surface area contributed by atoms with Crippen molar-refractivity contribution in [2.45, 2.75) is 0 Å². The largest absolute Gasteiger partial charge is 0.311 e. The van der Waals surface area contributed by atoms with Crippen molar-refractivity contribution in [1.82, 2.24) is 0 Å². The Labute approximate surface area is 375 Å². The molecule has 0 fully saturated rings. The number of nitrogens with zero attached hydrogens (tertiary/aromatic N) is 1. The molecule has 0 aromatic heterocycles. The lowest BCUT2D eigenvalue weighted by Gasteiger charge is -2.26. The average Bonchev–Trinajstić information content (AvgIpc) is 3.40. The molecule has 0 N–H and O–H groups in total. The summed E-state index contributed by atoms with van der Waals surface area (Å²) in [5.74, 6) is 0. The summed E-state index contributed by atoms with van der Waals surface area (Å²) in [5, 5.41) is 4.73. The van der Waals surface area contributed by atoms with Gasteiger partial charge < -0.3 is 4.90 Å². The van der Waals surface area contributed by atoms with Gasteiger partial charge in [0.2, 0.25) is 0 Å². The Bertz CT molecular complexity index is 3560. The molecule has 0 heterocycles. The SMILES string of the molecule is [2H]c1c([2H])c(N(c2ccc(-c3cccc(-c4ccc5ccccc5c4)c3)cc2)c2ccc(-c3ccc4ccccc4c3-c3ccccc3)cc2)c([2H])c([2H])c1-c1ccc(-c2ccccc2)cc1. The van der Waals surface area contributed by atoms with E-state index in [1.54, 1.807) is 0 Å². The fraction of sp³-hybridized carbons (Fsp3) is 0. The Morgan fingerprint density at radius 2 is 0.698 bits per heavy atom. The lowest BCUT2D eigenvalue weighted by molar-refractivity contribution is 1.28. The molecule has 0 saturated carbocycles. The topological polar surface area (TPSA) is 3.24 Å². The summed E-state index contributed by atoms with van der Waals surface area (Å²) in [5.41, 5.74) is 13.3. The third-order valence-corrected chi connectivity index (χ3v) is 11.9. The second-order valence-corrected chi connectivity index (χ2v) is 15.8. The minimum absolute atomic E-state index is 0.101. The minimum Gasteiger partial charge on any atom is -0.311 e. The van der Waals surface area contributed by atoms with Gasteiger partial charge in [0.15, 0.2) is 0 Å². The highest BCUT2D eigenvalue weighted by atomic mass is 15.1. The lowest BCUT2D eigenvalue weighted by atomic mass is 9.90. The van der Waals surface area contributed by atoms with Crippen LogP contribution in [-0.4, -0.2) is 0 Å². The lowest BCUT2D eigenvalue weighted by Crippen LogP contribution is -2.09.